The quantitative estimate of drug-likeness (QED) is 0.861. The van der Waals surface area contributed by atoms with E-state index in [1.165, 1.54) is 6.26 Å². The zero-order valence-corrected chi connectivity index (χ0v) is 13.3. The summed E-state index contributed by atoms with van der Waals surface area (Å²) in [5, 5.41) is 0. The predicted octanol–water partition coefficient (Wildman–Crippen LogP) is 2.26. The van der Waals surface area contributed by atoms with Crippen molar-refractivity contribution in [2.45, 2.75) is 37.7 Å². The van der Waals surface area contributed by atoms with Crippen LogP contribution in [0.1, 0.15) is 29.1 Å². The first-order chi connectivity index (χ1) is 11.8. The van der Waals surface area contributed by atoms with Crippen molar-refractivity contribution in [1.29, 1.82) is 0 Å². The second-order valence-corrected chi connectivity index (χ2v) is 6.13. The molecule has 0 aromatic carbocycles. The number of rotatable bonds is 4. The van der Waals surface area contributed by atoms with Gasteiger partial charge in [0.15, 0.2) is 5.76 Å². The molecule has 1 saturated carbocycles. The number of furan rings is 1. The average molecular weight is 328 g/mol. The lowest BCUT2D eigenvalue weighted by molar-refractivity contribution is -0.109. The number of aromatic nitrogens is 1. The van der Waals surface area contributed by atoms with Crippen LogP contribution in [0, 0.1) is 0 Å². The number of fused-ring (bicyclic) bond motifs is 1. The van der Waals surface area contributed by atoms with Gasteiger partial charge in [-0.3, -0.25) is 9.78 Å². The largest absolute Gasteiger partial charge is 0.459 e. The standard InChI is InChI=1S/C18H20N2O4/c21-18(16-5-3-10-22-16)20-9-11-23-17-14(20)6-7-15(17)24-12-13-4-1-2-8-19-13/h1-5,8,10,14-15,17H,6-7,9,11-12H2/t14-,15+,17+/m0/s1. The van der Waals surface area contributed by atoms with E-state index < -0.39 is 0 Å². The molecule has 0 radical (unpaired) electrons. The van der Waals surface area contributed by atoms with Crippen LogP contribution in [0.4, 0.5) is 0 Å². The summed E-state index contributed by atoms with van der Waals surface area (Å²) in [6.07, 6.45) is 4.95. The van der Waals surface area contributed by atoms with Gasteiger partial charge < -0.3 is 18.8 Å². The van der Waals surface area contributed by atoms with Crippen LogP contribution in [-0.4, -0.2) is 47.2 Å². The maximum Gasteiger partial charge on any atom is 0.289 e. The van der Waals surface area contributed by atoms with Crippen LogP contribution in [0.5, 0.6) is 0 Å². The van der Waals surface area contributed by atoms with Crippen LogP contribution in [0.3, 0.4) is 0 Å². The smallest absolute Gasteiger partial charge is 0.289 e. The van der Waals surface area contributed by atoms with Gasteiger partial charge in [-0.25, -0.2) is 0 Å². The lowest BCUT2D eigenvalue weighted by atomic mass is 10.1. The zero-order valence-electron chi connectivity index (χ0n) is 13.3. The molecule has 1 aliphatic heterocycles. The minimum atomic E-state index is -0.0821. The van der Waals surface area contributed by atoms with Gasteiger partial charge in [-0.1, -0.05) is 6.07 Å². The number of nitrogens with zero attached hydrogens (tertiary/aromatic N) is 2. The van der Waals surface area contributed by atoms with E-state index >= 15 is 0 Å². The van der Waals surface area contributed by atoms with Crippen LogP contribution in [-0.2, 0) is 16.1 Å². The molecule has 1 aliphatic carbocycles. The highest BCUT2D eigenvalue weighted by Gasteiger charge is 2.45. The third kappa shape index (κ3) is 2.95. The highest BCUT2D eigenvalue weighted by Crippen LogP contribution is 2.33. The fourth-order valence-electron chi connectivity index (χ4n) is 3.56. The van der Waals surface area contributed by atoms with E-state index in [1.54, 1.807) is 18.3 Å². The molecule has 6 nitrogen and oxygen atoms in total. The molecule has 3 atom stereocenters. The molecular weight excluding hydrogens is 308 g/mol. The van der Waals surface area contributed by atoms with Gasteiger partial charge >= 0.3 is 0 Å². The van der Waals surface area contributed by atoms with Crippen molar-refractivity contribution in [3.05, 3.63) is 54.2 Å². The summed E-state index contributed by atoms with van der Waals surface area (Å²) < 4.78 is 17.2. The number of amides is 1. The maximum atomic E-state index is 12.6. The first kappa shape index (κ1) is 15.4. The summed E-state index contributed by atoms with van der Waals surface area (Å²) in [5.74, 6) is 0.317. The highest BCUT2D eigenvalue weighted by atomic mass is 16.5. The lowest BCUT2D eigenvalue weighted by Gasteiger charge is -2.38. The topological polar surface area (TPSA) is 64.8 Å². The van der Waals surface area contributed by atoms with Crippen molar-refractivity contribution in [3.8, 4) is 0 Å². The predicted molar refractivity (Wildman–Crippen MR) is 85.3 cm³/mol. The third-order valence-electron chi connectivity index (χ3n) is 4.70. The second-order valence-electron chi connectivity index (χ2n) is 6.13. The maximum absolute atomic E-state index is 12.6. The molecule has 6 heteroatoms. The molecule has 0 unspecified atom stereocenters. The molecular formula is C18H20N2O4. The highest BCUT2D eigenvalue weighted by molar-refractivity contribution is 5.91. The van der Waals surface area contributed by atoms with E-state index in [0.29, 0.717) is 25.5 Å². The first-order valence-electron chi connectivity index (χ1n) is 8.30. The minimum Gasteiger partial charge on any atom is -0.459 e. The van der Waals surface area contributed by atoms with Gasteiger partial charge in [0.25, 0.3) is 5.91 Å². The molecule has 0 bridgehead atoms. The number of carbonyl (C=O) groups is 1. The molecule has 2 aromatic heterocycles. The van der Waals surface area contributed by atoms with Crippen molar-refractivity contribution < 1.29 is 18.7 Å². The molecule has 0 spiro atoms. The van der Waals surface area contributed by atoms with E-state index in [4.69, 9.17) is 13.9 Å². The van der Waals surface area contributed by atoms with Gasteiger partial charge in [0.1, 0.15) is 6.10 Å². The molecule has 126 valence electrons. The molecule has 0 N–H and O–H groups in total. The Balaban J connectivity index is 1.42. The Bertz CT molecular complexity index is 674. The van der Waals surface area contributed by atoms with E-state index in [0.717, 1.165) is 18.5 Å². The van der Waals surface area contributed by atoms with Crippen LogP contribution in [0.2, 0.25) is 0 Å². The lowest BCUT2D eigenvalue weighted by Crippen LogP contribution is -2.53. The normalized spacial score (nSPS) is 26.3. The monoisotopic (exact) mass is 328 g/mol. The zero-order chi connectivity index (χ0) is 16.4. The number of hydrogen-bond donors (Lipinski definition) is 0. The van der Waals surface area contributed by atoms with Gasteiger partial charge in [-0.2, -0.15) is 0 Å². The summed E-state index contributed by atoms with van der Waals surface area (Å²) in [6, 6.07) is 9.27. The summed E-state index contributed by atoms with van der Waals surface area (Å²) in [4.78, 5) is 18.8. The Labute approximate surface area is 140 Å². The Kier molecular flexibility index (Phi) is 4.32. The van der Waals surface area contributed by atoms with Crippen LogP contribution >= 0.6 is 0 Å². The number of morpholine rings is 1. The van der Waals surface area contributed by atoms with Crippen molar-refractivity contribution in [2.24, 2.45) is 0 Å². The summed E-state index contributed by atoms with van der Waals surface area (Å²) in [5.41, 5.74) is 0.903. The minimum absolute atomic E-state index is 0.00999. The first-order valence-corrected chi connectivity index (χ1v) is 8.30. The molecule has 3 heterocycles. The number of hydrogen-bond acceptors (Lipinski definition) is 5. The molecule has 24 heavy (non-hydrogen) atoms. The van der Waals surface area contributed by atoms with E-state index in [1.807, 2.05) is 23.1 Å². The van der Waals surface area contributed by atoms with Gasteiger partial charge in [0, 0.05) is 12.7 Å². The summed E-state index contributed by atoms with van der Waals surface area (Å²) in [6.45, 7) is 1.58. The fraction of sp³-hybridized carbons (Fsp3) is 0.444. The Morgan fingerprint density at radius 3 is 3.04 bits per heavy atom. The molecule has 2 fully saturated rings. The van der Waals surface area contributed by atoms with Gasteiger partial charge in [0.2, 0.25) is 0 Å². The van der Waals surface area contributed by atoms with Crippen molar-refractivity contribution in [1.82, 2.24) is 9.88 Å². The second kappa shape index (κ2) is 6.75. The molecule has 1 saturated heterocycles. The number of carbonyl (C=O) groups excluding carboxylic acids is 1. The number of ether oxygens (including phenoxy) is 2. The van der Waals surface area contributed by atoms with Crippen LogP contribution in [0.25, 0.3) is 0 Å². The Hall–Kier alpha value is -2.18. The average Bonchev–Trinajstić information content (AvgIpc) is 3.30. The fourth-order valence-corrected chi connectivity index (χ4v) is 3.56. The molecule has 1 amide bonds. The SMILES string of the molecule is O=C(c1ccco1)N1CCO[C@H]2[C@H](OCc3ccccn3)CC[C@@H]21. The van der Waals surface area contributed by atoms with Gasteiger partial charge in [-0.05, 0) is 37.1 Å². The molecule has 2 aliphatic rings. The third-order valence-corrected chi connectivity index (χ3v) is 4.70. The van der Waals surface area contributed by atoms with Gasteiger partial charge in [-0.15, -0.1) is 0 Å². The van der Waals surface area contributed by atoms with E-state index in [-0.39, 0.29) is 24.2 Å². The summed E-state index contributed by atoms with van der Waals surface area (Å²) >= 11 is 0. The van der Waals surface area contributed by atoms with Crippen LogP contribution < -0.4 is 0 Å². The van der Waals surface area contributed by atoms with Crippen molar-refractivity contribution in [3.63, 3.8) is 0 Å². The van der Waals surface area contributed by atoms with Crippen molar-refractivity contribution in [2.75, 3.05) is 13.2 Å². The van der Waals surface area contributed by atoms with Gasteiger partial charge in [0.05, 0.1) is 37.3 Å². The summed E-state index contributed by atoms with van der Waals surface area (Å²) in [7, 11) is 0. The Morgan fingerprint density at radius 1 is 1.29 bits per heavy atom. The molecule has 2 aromatic rings. The van der Waals surface area contributed by atoms with E-state index in [9.17, 15) is 4.79 Å². The van der Waals surface area contributed by atoms with E-state index in [2.05, 4.69) is 4.98 Å². The number of pyridine rings is 1. The Morgan fingerprint density at radius 2 is 2.25 bits per heavy atom. The van der Waals surface area contributed by atoms with Crippen molar-refractivity contribution >= 4 is 5.91 Å². The van der Waals surface area contributed by atoms with Crippen LogP contribution in [0.15, 0.2) is 47.2 Å². The molecule has 4 rings (SSSR count).